The van der Waals surface area contributed by atoms with Crippen LogP contribution in [0.15, 0.2) is 0 Å². The molecule has 19 heavy (non-hydrogen) atoms. The van der Waals surface area contributed by atoms with Crippen molar-refractivity contribution in [3.8, 4) is 6.07 Å². The number of rotatable bonds is 7. The first-order valence-electron chi connectivity index (χ1n) is 6.71. The summed E-state index contributed by atoms with van der Waals surface area (Å²) >= 11 is 0. The Morgan fingerprint density at radius 2 is 1.84 bits per heavy atom. The number of amides is 1. The SMILES string of the molecule is CC(C)(CCC#N)CNCCNC(=O)OC(C)(C)C. The summed E-state index contributed by atoms with van der Waals surface area (Å²) in [6.07, 6.45) is 1.05. The van der Waals surface area contributed by atoms with Gasteiger partial charge < -0.3 is 15.4 Å². The molecule has 0 fully saturated rings. The number of hydrogen-bond donors (Lipinski definition) is 2. The Morgan fingerprint density at radius 3 is 2.37 bits per heavy atom. The second kappa shape index (κ2) is 8.00. The molecule has 0 rings (SSSR count). The third kappa shape index (κ3) is 11.5. The van der Waals surface area contributed by atoms with Gasteiger partial charge in [-0.3, -0.25) is 0 Å². The highest BCUT2D eigenvalue weighted by atomic mass is 16.6. The van der Waals surface area contributed by atoms with E-state index in [0.717, 1.165) is 13.0 Å². The molecule has 0 atom stereocenters. The van der Waals surface area contributed by atoms with Gasteiger partial charge >= 0.3 is 6.09 Å². The molecule has 0 saturated carbocycles. The summed E-state index contributed by atoms with van der Waals surface area (Å²) in [5.41, 5.74) is -0.363. The van der Waals surface area contributed by atoms with Crippen molar-refractivity contribution >= 4 is 6.09 Å². The lowest BCUT2D eigenvalue weighted by Crippen LogP contribution is -2.38. The van der Waals surface area contributed by atoms with Crippen LogP contribution in [-0.4, -0.2) is 31.3 Å². The highest BCUT2D eigenvalue weighted by molar-refractivity contribution is 5.67. The minimum Gasteiger partial charge on any atom is -0.444 e. The van der Waals surface area contributed by atoms with E-state index >= 15 is 0 Å². The first kappa shape index (κ1) is 17.7. The van der Waals surface area contributed by atoms with E-state index in [1.807, 2.05) is 20.8 Å². The summed E-state index contributed by atoms with van der Waals surface area (Å²) < 4.78 is 5.12. The third-order valence-electron chi connectivity index (χ3n) is 2.49. The third-order valence-corrected chi connectivity index (χ3v) is 2.49. The summed E-state index contributed by atoms with van der Waals surface area (Å²) in [5, 5.41) is 14.5. The number of alkyl carbamates (subject to hydrolysis) is 1. The van der Waals surface area contributed by atoms with E-state index in [9.17, 15) is 4.79 Å². The lowest BCUT2D eigenvalue weighted by molar-refractivity contribution is 0.0528. The van der Waals surface area contributed by atoms with Gasteiger partial charge in [0.2, 0.25) is 0 Å². The van der Waals surface area contributed by atoms with Gasteiger partial charge in [0.15, 0.2) is 0 Å². The molecule has 0 aliphatic heterocycles. The van der Waals surface area contributed by atoms with Crippen molar-refractivity contribution in [2.75, 3.05) is 19.6 Å². The van der Waals surface area contributed by atoms with Crippen molar-refractivity contribution in [3.05, 3.63) is 0 Å². The molecule has 0 aliphatic rings. The van der Waals surface area contributed by atoms with E-state index in [4.69, 9.17) is 10.00 Å². The van der Waals surface area contributed by atoms with Gasteiger partial charge in [0.1, 0.15) is 5.60 Å². The predicted octanol–water partition coefficient (Wildman–Crippen LogP) is 2.43. The summed E-state index contributed by atoms with van der Waals surface area (Å²) in [6.45, 7) is 11.8. The molecule has 0 radical (unpaired) electrons. The lowest BCUT2D eigenvalue weighted by atomic mass is 9.88. The van der Waals surface area contributed by atoms with Crippen LogP contribution in [0, 0.1) is 16.7 Å². The molecule has 0 unspecified atom stereocenters. The Balaban J connectivity index is 3.65. The second-order valence-corrected chi connectivity index (χ2v) is 6.43. The van der Waals surface area contributed by atoms with Crippen LogP contribution in [0.2, 0.25) is 0 Å². The molecule has 1 amide bonds. The Kier molecular flexibility index (Phi) is 7.47. The van der Waals surface area contributed by atoms with Crippen LogP contribution < -0.4 is 10.6 Å². The normalized spacial score (nSPS) is 11.8. The van der Waals surface area contributed by atoms with E-state index in [2.05, 4.69) is 30.6 Å². The smallest absolute Gasteiger partial charge is 0.407 e. The number of nitrogens with zero attached hydrogens (tertiary/aromatic N) is 1. The van der Waals surface area contributed by atoms with Gasteiger partial charge in [0.05, 0.1) is 6.07 Å². The summed E-state index contributed by atoms with van der Waals surface area (Å²) in [7, 11) is 0. The van der Waals surface area contributed by atoms with Gasteiger partial charge in [-0.2, -0.15) is 5.26 Å². The number of nitrogens with one attached hydrogen (secondary N) is 2. The number of hydrogen-bond acceptors (Lipinski definition) is 4. The Bertz CT molecular complexity index is 314. The maximum atomic E-state index is 11.4. The predicted molar refractivity (Wildman–Crippen MR) is 75.7 cm³/mol. The molecule has 0 aromatic rings. The molecule has 0 aromatic carbocycles. The Hall–Kier alpha value is -1.28. The zero-order valence-corrected chi connectivity index (χ0v) is 12.8. The molecule has 0 aliphatic carbocycles. The van der Waals surface area contributed by atoms with E-state index in [1.54, 1.807) is 0 Å². The van der Waals surface area contributed by atoms with Crippen LogP contribution >= 0.6 is 0 Å². The molecular weight excluding hydrogens is 242 g/mol. The fraction of sp³-hybridized carbons (Fsp3) is 0.857. The molecule has 5 nitrogen and oxygen atoms in total. The zero-order chi connectivity index (χ0) is 14.9. The Morgan fingerprint density at radius 1 is 1.21 bits per heavy atom. The van der Waals surface area contributed by atoms with Crippen LogP contribution in [0.25, 0.3) is 0 Å². The standard InChI is InChI=1S/C14H27N3O2/c1-13(2,3)19-12(18)17-10-9-16-11-14(4,5)7-6-8-15/h16H,6-7,9-11H2,1-5H3,(H,17,18). The van der Waals surface area contributed by atoms with Crippen molar-refractivity contribution in [3.63, 3.8) is 0 Å². The molecule has 5 heteroatoms. The summed E-state index contributed by atoms with van der Waals surface area (Å²) in [6, 6.07) is 2.16. The fourth-order valence-corrected chi connectivity index (χ4v) is 1.48. The average molecular weight is 269 g/mol. The van der Waals surface area contributed by atoms with Crippen LogP contribution in [0.4, 0.5) is 4.79 Å². The quantitative estimate of drug-likeness (QED) is 0.696. The van der Waals surface area contributed by atoms with Crippen LogP contribution in [-0.2, 0) is 4.74 Å². The van der Waals surface area contributed by atoms with Crippen molar-refractivity contribution < 1.29 is 9.53 Å². The number of carbonyl (C=O) groups excluding carboxylic acids is 1. The van der Waals surface area contributed by atoms with Gasteiger partial charge in [-0.15, -0.1) is 0 Å². The maximum Gasteiger partial charge on any atom is 0.407 e. The van der Waals surface area contributed by atoms with Crippen LogP contribution in [0.3, 0.4) is 0 Å². The average Bonchev–Trinajstić information content (AvgIpc) is 2.23. The van der Waals surface area contributed by atoms with E-state index in [1.165, 1.54) is 0 Å². The van der Waals surface area contributed by atoms with Gasteiger partial charge in [-0.1, -0.05) is 13.8 Å². The highest BCUT2D eigenvalue weighted by Gasteiger charge is 2.17. The molecule has 0 spiro atoms. The van der Waals surface area contributed by atoms with E-state index in [0.29, 0.717) is 19.5 Å². The summed E-state index contributed by atoms with van der Waals surface area (Å²) in [5.74, 6) is 0. The molecular formula is C14H27N3O2. The van der Waals surface area contributed by atoms with Gasteiger partial charge in [-0.05, 0) is 32.6 Å². The van der Waals surface area contributed by atoms with E-state index in [-0.39, 0.29) is 5.41 Å². The number of ether oxygens (including phenoxy) is 1. The largest absolute Gasteiger partial charge is 0.444 e. The zero-order valence-electron chi connectivity index (χ0n) is 12.8. The van der Waals surface area contributed by atoms with Crippen molar-refractivity contribution in [2.45, 2.75) is 53.1 Å². The molecule has 110 valence electrons. The number of nitriles is 1. The lowest BCUT2D eigenvalue weighted by Gasteiger charge is -2.24. The first-order valence-corrected chi connectivity index (χ1v) is 6.71. The molecule has 0 saturated heterocycles. The van der Waals surface area contributed by atoms with Crippen molar-refractivity contribution in [1.82, 2.24) is 10.6 Å². The molecule has 2 N–H and O–H groups in total. The van der Waals surface area contributed by atoms with Crippen molar-refractivity contribution in [1.29, 1.82) is 5.26 Å². The molecule has 0 aromatic heterocycles. The maximum absolute atomic E-state index is 11.4. The molecule has 0 heterocycles. The minimum absolute atomic E-state index is 0.0989. The van der Waals surface area contributed by atoms with Crippen molar-refractivity contribution in [2.24, 2.45) is 5.41 Å². The molecule has 0 bridgehead atoms. The first-order chi connectivity index (χ1) is 8.66. The van der Waals surface area contributed by atoms with Crippen LogP contribution in [0.5, 0.6) is 0 Å². The fourth-order valence-electron chi connectivity index (χ4n) is 1.48. The monoisotopic (exact) mass is 269 g/mol. The Labute approximate surface area is 116 Å². The minimum atomic E-state index is -0.462. The van der Waals surface area contributed by atoms with E-state index < -0.39 is 11.7 Å². The topological polar surface area (TPSA) is 74.2 Å². The second-order valence-electron chi connectivity index (χ2n) is 6.43. The van der Waals surface area contributed by atoms with Gasteiger partial charge in [0, 0.05) is 26.1 Å². The van der Waals surface area contributed by atoms with Gasteiger partial charge in [-0.25, -0.2) is 4.79 Å². The highest BCUT2D eigenvalue weighted by Crippen LogP contribution is 2.20. The van der Waals surface area contributed by atoms with Gasteiger partial charge in [0.25, 0.3) is 0 Å². The van der Waals surface area contributed by atoms with Crippen LogP contribution in [0.1, 0.15) is 47.5 Å². The summed E-state index contributed by atoms with van der Waals surface area (Å²) in [4.78, 5) is 11.4. The number of carbonyl (C=O) groups is 1.